The quantitative estimate of drug-likeness (QED) is 0.840. The molecule has 1 N–H and O–H groups in total. The van der Waals surface area contributed by atoms with Crippen LogP contribution in [0.15, 0.2) is 27.1 Å². The van der Waals surface area contributed by atoms with E-state index >= 15 is 0 Å². The van der Waals surface area contributed by atoms with E-state index in [2.05, 4.69) is 61.2 Å². The minimum atomic E-state index is 0.247. The third-order valence-electron chi connectivity index (χ3n) is 2.43. The molecule has 0 fully saturated rings. The second kappa shape index (κ2) is 6.23. The molecule has 1 atom stereocenters. The first-order chi connectivity index (χ1) is 8.60. The summed E-state index contributed by atoms with van der Waals surface area (Å²) >= 11 is 8.59. The van der Waals surface area contributed by atoms with Crippen molar-refractivity contribution in [1.82, 2.24) is 15.5 Å². The standard InChI is InChI=1S/C12H13Br2N3S/c1-3-15-7(2)11-16-17-12(18-11)8-4-9(13)6-10(14)5-8/h4-7,15H,3H2,1-2H3. The van der Waals surface area contributed by atoms with Crippen LogP contribution in [-0.2, 0) is 0 Å². The molecule has 0 radical (unpaired) electrons. The molecule has 0 aliphatic heterocycles. The zero-order valence-corrected chi connectivity index (χ0v) is 14.1. The Morgan fingerprint density at radius 2 is 1.89 bits per heavy atom. The molecule has 1 aromatic heterocycles. The van der Waals surface area contributed by atoms with Crippen LogP contribution in [0.2, 0.25) is 0 Å². The van der Waals surface area contributed by atoms with Crippen LogP contribution in [0.4, 0.5) is 0 Å². The third-order valence-corrected chi connectivity index (χ3v) is 4.50. The molecule has 1 unspecified atom stereocenters. The van der Waals surface area contributed by atoms with Crippen molar-refractivity contribution in [3.05, 3.63) is 32.2 Å². The van der Waals surface area contributed by atoms with Crippen LogP contribution in [0.25, 0.3) is 10.6 Å². The van der Waals surface area contributed by atoms with Gasteiger partial charge in [-0.15, -0.1) is 10.2 Å². The monoisotopic (exact) mass is 389 g/mol. The van der Waals surface area contributed by atoms with E-state index in [1.165, 1.54) is 0 Å². The Bertz CT molecular complexity index is 522. The minimum Gasteiger partial charge on any atom is -0.308 e. The molecule has 0 saturated carbocycles. The summed E-state index contributed by atoms with van der Waals surface area (Å²) in [6, 6.07) is 6.35. The van der Waals surface area contributed by atoms with E-state index in [1.54, 1.807) is 11.3 Å². The fraction of sp³-hybridized carbons (Fsp3) is 0.333. The molecule has 3 nitrogen and oxygen atoms in total. The van der Waals surface area contributed by atoms with Crippen LogP contribution in [0.5, 0.6) is 0 Å². The van der Waals surface area contributed by atoms with Crippen LogP contribution >= 0.6 is 43.2 Å². The number of rotatable bonds is 4. The highest BCUT2D eigenvalue weighted by Crippen LogP contribution is 2.31. The van der Waals surface area contributed by atoms with Crippen molar-refractivity contribution in [2.24, 2.45) is 0 Å². The van der Waals surface area contributed by atoms with Crippen LogP contribution in [0, 0.1) is 0 Å². The SMILES string of the molecule is CCNC(C)c1nnc(-c2cc(Br)cc(Br)c2)s1. The zero-order valence-electron chi connectivity index (χ0n) is 10.1. The maximum atomic E-state index is 4.26. The van der Waals surface area contributed by atoms with Gasteiger partial charge in [-0.3, -0.25) is 0 Å². The Balaban J connectivity index is 2.29. The van der Waals surface area contributed by atoms with Gasteiger partial charge >= 0.3 is 0 Å². The molecule has 18 heavy (non-hydrogen) atoms. The summed E-state index contributed by atoms with van der Waals surface area (Å²) in [5.74, 6) is 0. The van der Waals surface area contributed by atoms with Crippen molar-refractivity contribution in [3.63, 3.8) is 0 Å². The molecular formula is C12H13Br2N3S. The lowest BCUT2D eigenvalue weighted by molar-refractivity contribution is 0.590. The molecule has 0 aliphatic carbocycles. The minimum absolute atomic E-state index is 0.247. The molecule has 0 amide bonds. The van der Waals surface area contributed by atoms with Gasteiger partial charge in [-0.1, -0.05) is 50.1 Å². The maximum absolute atomic E-state index is 4.26. The van der Waals surface area contributed by atoms with E-state index in [4.69, 9.17) is 0 Å². The Labute approximate surface area is 127 Å². The van der Waals surface area contributed by atoms with E-state index < -0.39 is 0 Å². The fourth-order valence-corrected chi connectivity index (χ4v) is 3.75. The van der Waals surface area contributed by atoms with Gasteiger partial charge < -0.3 is 5.32 Å². The Kier molecular flexibility index (Phi) is 4.89. The molecule has 0 spiro atoms. The first-order valence-corrected chi connectivity index (χ1v) is 8.03. The summed E-state index contributed by atoms with van der Waals surface area (Å²) in [6.45, 7) is 5.12. The summed E-state index contributed by atoms with van der Waals surface area (Å²) < 4.78 is 2.06. The normalized spacial score (nSPS) is 12.7. The Morgan fingerprint density at radius 3 is 2.50 bits per heavy atom. The van der Waals surface area contributed by atoms with E-state index in [0.717, 1.165) is 31.1 Å². The predicted octanol–water partition coefficient (Wildman–Crippen LogP) is 4.40. The highest BCUT2D eigenvalue weighted by Gasteiger charge is 2.12. The zero-order chi connectivity index (χ0) is 13.1. The van der Waals surface area contributed by atoms with Crippen molar-refractivity contribution in [3.8, 4) is 10.6 Å². The second-order valence-electron chi connectivity index (χ2n) is 3.88. The summed E-state index contributed by atoms with van der Waals surface area (Å²) in [5, 5.41) is 13.8. The van der Waals surface area contributed by atoms with Crippen molar-refractivity contribution in [1.29, 1.82) is 0 Å². The molecular weight excluding hydrogens is 378 g/mol. The number of halogens is 2. The average Bonchev–Trinajstić information content (AvgIpc) is 2.77. The maximum Gasteiger partial charge on any atom is 0.147 e. The molecule has 2 aromatic rings. The molecule has 0 bridgehead atoms. The van der Waals surface area contributed by atoms with Crippen LogP contribution in [0.1, 0.15) is 24.9 Å². The van der Waals surface area contributed by atoms with Crippen molar-refractivity contribution in [2.45, 2.75) is 19.9 Å². The van der Waals surface area contributed by atoms with Crippen LogP contribution < -0.4 is 5.32 Å². The van der Waals surface area contributed by atoms with Gasteiger partial charge in [0.05, 0.1) is 6.04 Å². The highest BCUT2D eigenvalue weighted by molar-refractivity contribution is 9.11. The summed E-state index contributed by atoms with van der Waals surface area (Å²) in [6.07, 6.45) is 0. The molecule has 0 aliphatic rings. The Hall–Kier alpha value is -0.300. The van der Waals surface area contributed by atoms with Gasteiger partial charge in [0.1, 0.15) is 10.0 Å². The smallest absolute Gasteiger partial charge is 0.147 e. The van der Waals surface area contributed by atoms with Crippen molar-refractivity contribution < 1.29 is 0 Å². The van der Waals surface area contributed by atoms with E-state index in [1.807, 2.05) is 18.2 Å². The summed E-state index contributed by atoms with van der Waals surface area (Å²) in [7, 11) is 0. The van der Waals surface area contributed by atoms with Gasteiger partial charge in [-0.05, 0) is 31.7 Å². The van der Waals surface area contributed by atoms with Crippen LogP contribution in [0.3, 0.4) is 0 Å². The lowest BCUT2D eigenvalue weighted by Crippen LogP contribution is -2.17. The first kappa shape index (κ1) is 14.1. The fourth-order valence-electron chi connectivity index (χ4n) is 1.60. The van der Waals surface area contributed by atoms with Crippen LogP contribution in [-0.4, -0.2) is 16.7 Å². The van der Waals surface area contributed by atoms with Gasteiger partial charge in [-0.25, -0.2) is 0 Å². The largest absolute Gasteiger partial charge is 0.308 e. The van der Waals surface area contributed by atoms with E-state index in [0.29, 0.717) is 0 Å². The number of hydrogen-bond donors (Lipinski definition) is 1. The van der Waals surface area contributed by atoms with Gasteiger partial charge in [0, 0.05) is 14.5 Å². The second-order valence-corrected chi connectivity index (χ2v) is 6.72. The van der Waals surface area contributed by atoms with Crippen molar-refractivity contribution >= 4 is 43.2 Å². The number of nitrogens with one attached hydrogen (secondary N) is 1. The lowest BCUT2D eigenvalue weighted by atomic mass is 10.2. The molecule has 96 valence electrons. The van der Waals surface area contributed by atoms with Gasteiger partial charge in [-0.2, -0.15) is 0 Å². The number of hydrogen-bond acceptors (Lipinski definition) is 4. The van der Waals surface area contributed by atoms with Gasteiger partial charge in [0.25, 0.3) is 0 Å². The Morgan fingerprint density at radius 1 is 1.22 bits per heavy atom. The van der Waals surface area contributed by atoms with Crippen molar-refractivity contribution in [2.75, 3.05) is 6.54 Å². The summed E-state index contributed by atoms with van der Waals surface area (Å²) in [5.41, 5.74) is 1.07. The van der Waals surface area contributed by atoms with Gasteiger partial charge in [0.2, 0.25) is 0 Å². The van der Waals surface area contributed by atoms with E-state index in [-0.39, 0.29) is 6.04 Å². The predicted molar refractivity (Wildman–Crippen MR) is 82.8 cm³/mol. The number of benzene rings is 1. The molecule has 0 saturated heterocycles. The van der Waals surface area contributed by atoms with E-state index in [9.17, 15) is 0 Å². The highest BCUT2D eigenvalue weighted by atomic mass is 79.9. The molecule has 6 heteroatoms. The molecule has 2 rings (SSSR count). The lowest BCUT2D eigenvalue weighted by Gasteiger charge is -2.06. The number of aromatic nitrogens is 2. The van der Waals surface area contributed by atoms with Gasteiger partial charge in [0.15, 0.2) is 0 Å². The molecule has 1 heterocycles. The number of nitrogens with zero attached hydrogens (tertiary/aromatic N) is 2. The average molecular weight is 391 g/mol. The molecule has 1 aromatic carbocycles. The summed E-state index contributed by atoms with van der Waals surface area (Å²) in [4.78, 5) is 0. The first-order valence-electron chi connectivity index (χ1n) is 5.63. The topological polar surface area (TPSA) is 37.8 Å². The third kappa shape index (κ3) is 3.38.